The first-order chi connectivity index (χ1) is 12.8. The van der Waals surface area contributed by atoms with Gasteiger partial charge >= 0.3 is 0 Å². The maximum absolute atomic E-state index is 14.5. The van der Waals surface area contributed by atoms with Gasteiger partial charge in [-0.05, 0) is 50.1 Å². The summed E-state index contributed by atoms with van der Waals surface area (Å²) < 4.78 is 21.9. The van der Waals surface area contributed by atoms with Crippen LogP contribution in [0.5, 0.6) is 5.75 Å². The van der Waals surface area contributed by atoms with E-state index in [0.29, 0.717) is 29.1 Å². The van der Waals surface area contributed by atoms with Crippen LogP contribution in [0.1, 0.15) is 19.3 Å². The number of nitrogens with zero attached hydrogens (tertiary/aromatic N) is 3. The van der Waals surface area contributed by atoms with E-state index in [-0.39, 0.29) is 5.82 Å². The third kappa shape index (κ3) is 3.62. The van der Waals surface area contributed by atoms with Gasteiger partial charge in [-0.2, -0.15) is 5.10 Å². The predicted molar refractivity (Wildman–Crippen MR) is 99.1 cm³/mol. The maximum Gasteiger partial charge on any atom is 0.165 e. The van der Waals surface area contributed by atoms with Crippen LogP contribution in [0.4, 0.5) is 10.2 Å². The zero-order valence-electron chi connectivity index (χ0n) is 14.5. The van der Waals surface area contributed by atoms with Gasteiger partial charge < -0.3 is 15.4 Å². The van der Waals surface area contributed by atoms with Crippen LogP contribution in [0.15, 0.2) is 36.7 Å². The summed E-state index contributed by atoms with van der Waals surface area (Å²) in [5.74, 6) is 1.10. The van der Waals surface area contributed by atoms with Crippen molar-refractivity contribution in [3.63, 3.8) is 0 Å². The lowest BCUT2D eigenvalue weighted by Crippen LogP contribution is -2.23. The molecule has 2 aromatic heterocycles. The van der Waals surface area contributed by atoms with Gasteiger partial charge in [0.2, 0.25) is 0 Å². The van der Waals surface area contributed by atoms with Crippen molar-refractivity contribution >= 4 is 11.5 Å². The van der Waals surface area contributed by atoms with E-state index in [2.05, 4.69) is 20.7 Å². The molecule has 3 aromatic rings. The van der Waals surface area contributed by atoms with Gasteiger partial charge in [-0.15, -0.1) is 0 Å². The topological polar surface area (TPSA) is 63.5 Å². The summed E-state index contributed by atoms with van der Waals surface area (Å²) >= 11 is 0. The van der Waals surface area contributed by atoms with Crippen molar-refractivity contribution in [2.24, 2.45) is 0 Å². The van der Waals surface area contributed by atoms with E-state index >= 15 is 0 Å². The van der Waals surface area contributed by atoms with E-state index in [1.54, 1.807) is 22.8 Å². The van der Waals surface area contributed by atoms with Crippen molar-refractivity contribution in [1.82, 2.24) is 19.9 Å². The average molecular weight is 355 g/mol. The summed E-state index contributed by atoms with van der Waals surface area (Å²) in [6, 6.07) is 6.70. The highest BCUT2D eigenvalue weighted by Gasteiger charge is 2.14. The maximum atomic E-state index is 14.5. The van der Waals surface area contributed by atoms with Crippen LogP contribution in [0.3, 0.4) is 0 Å². The van der Waals surface area contributed by atoms with Crippen molar-refractivity contribution in [3.8, 4) is 16.9 Å². The number of hydrogen-bond donors (Lipinski definition) is 2. The number of ether oxygens (including phenoxy) is 1. The Labute approximate surface area is 151 Å². The zero-order chi connectivity index (χ0) is 17.8. The second-order valence-electron chi connectivity index (χ2n) is 6.37. The monoisotopic (exact) mass is 355 g/mol. The number of anilines is 1. The molecule has 0 aliphatic carbocycles. The first-order valence-electron chi connectivity index (χ1n) is 9.03. The van der Waals surface area contributed by atoms with Crippen LogP contribution in [0, 0.1) is 5.82 Å². The smallest absolute Gasteiger partial charge is 0.165 e. The number of rotatable bonds is 0. The van der Waals surface area contributed by atoms with Crippen molar-refractivity contribution in [1.29, 1.82) is 0 Å². The van der Waals surface area contributed by atoms with Crippen LogP contribution in [0.2, 0.25) is 0 Å². The lowest BCUT2D eigenvalue weighted by molar-refractivity contribution is 0.304. The molecule has 0 saturated heterocycles. The normalized spacial score (nSPS) is 16.0. The number of halogens is 1. The van der Waals surface area contributed by atoms with E-state index in [4.69, 9.17) is 4.74 Å². The molecule has 7 heteroatoms. The van der Waals surface area contributed by atoms with Gasteiger partial charge in [0.15, 0.2) is 5.65 Å². The lowest BCUT2D eigenvalue weighted by atomic mass is 10.1. The van der Waals surface area contributed by atoms with E-state index < -0.39 is 0 Å². The molecule has 136 valence electrons. The molecule has 1 aromatic carbocycles. The van der Waals surface area contributed by atoms with Gasteiger partial charge in [-0.25, -0.2) is 13.9 Å². The molecule has 0 unspecified atom stereocenters. The Morgan fingerprint density at radius 1 is 1.04 bits per heavy atom. The molecular formula is C19H22FN5O. The van der Waals surface area contributed by atoms with Crippen molar-refractivity contribution in [3.05, 3.63) is 42.5 Å². The third-order valence-electron chi connectivity index (χ3n) is 4.47. The van der Waals surface area contributed by atoms with Crippen molar-refractivity contribution in [2.75, 3.05) is 31.6 Å². The van der Waals surface area contributed by atoms with Crippen LogP contribution in [-0.4, -0.2) is 40.8 Å². The molecule has 0 atom stereocenters. The average Bonchev–Trinajstić information content (AvgIpc) is 3.07. The fourth-order valence-corrected chi connectivity index (χ4v) is 3.08. The molecule has 0 saturated carbocycles. The summed E-state index contributed by atoms with van der Waals surface area (Å²) in [4.78, 5) is 4.61. The molecule has 1 aliphatic heterocycles. The minimum absolute atomic E-state index is 0.311. The molecule has 26 heavy (non-hydrogen) atoms. The molecule has 4 rings (SSSR count). The first kappa shape index (κ1) is 16.8. The molecule has 0 spiro atoms. The van der Waals surface area contributed by atoms with Crippen molar-refractivity contribution in [2.45, 2.75) is 19.3 Å². The van der Waals surface area contributed by atoms with Gasteiger partial charge in [0.05, 0.1) is 12.8 Å². The van der Waals surface area contributed by atoms with Gasteiger partial charge in [0, 0.05) is 30.4 Å². The molecule has 6 nitrogen and oxygen atoms in total. The number of hydrogen-bond acceptors (Lipinski definition) is 5. The van der Waals surface area contributed by atoms with Crippen LogP contribution < -0.4 is 15.4 Å². The highest BCUT2D eigenvalue weighted by Crippen LogP contribution is 2.30. The molecule has 4 bridgehead atoms. The Morgan fingerprint density at radius 2 is 2.00 bits per heavy atom. The van der Waals surface area contributed by atoms with E-state index in [1.165, 1.54) is 6.07 Å². The van der Waals surface area contributed by atoms with Crippen LogP contribution >= 0.6 is 0 Å². The van der Waals surface area contributed by atoms with Gasteiger partial charge in [-0.1, -0.05) is 0 Å². The standard InChI is InChI=1S/C19H22FN5O/c20-17-5-4-14-12-15(17)16-13-23-25-10-6-18(24-19(16)25)22-9-8-21-7-2-1-3-11-26-14/h4-6,10,12-13,21H,1-3,7-9,11H2,(H,22,24). The number of aromatic nitrogens is 3. The van der Waals surface area contributed by atoms with Crippen molar-refractivity contribution < 1.29 is 9.13 Å². The predicted octanol–water partition coefficient (Wildman–Crippen LogP) is 3.10. The molecule has 1 aliphatic rings. The Bertz CT molecular complexity index is 895. The first-order valence-corrected chi connectivity index (χ1v) is 9.03. The molecule has 3 heterocycles. The Kier molecular flexibility index (Phi) is 4.97. The highest BCUT2D eigenvalue weighted by atomic mass is 19.1. The molecule has 2 N–H and O–H groups in total. The summed E-state index contributed by atoms with van der Waals surface area (Å²) in [5, 5.41) is 11.0. The van der Waals surface area contributed by atoms with Gasteiger partial charge in [0.1, 0.15) is 17.4 Å². The van der Waals surface area contributed by atoms with Crippen LogP contribution in [-0.2, 0) is 0 Å². The van der Waals surface area contributed by atoms with Gasteiger partial charge in [-0.3, -0.25) is 0 Å². The molecule has 0 radical (unpaired) electrons. The van der Waals surface area contributed by atoms with E-state index in [1.807, 2.05) is 12.3 Å². The minimum atomic E-state index is -0.311. The second-order valence-corrected chi connectivity index (χ2v) is 6.37. The Morgan fingerprint density at radius 3 is 2.96 bits per heavy atom. The van der Waals surface area contributed by atoms with Gasteiger partial charge in [0.25, 0.3) is 0 Å². The highest BCUT2D eigenvalue weighted by molar-refractivity contribution is 5.78. The Hall–Kier alpha value is -2.67. The third-order valence-corrected chi connectivity index (χ3v) is 4.47. The summed E-state index contributed by atoms with van der Waals surface area (Å²) in [6.07, 6.45) is 6.66. The SMILES string of the molecule is Fc1ccc2cc1-c1cnn3ccc(nc13)NCCNCCCCCO2. The molecule has 0 fully saturated rings. The number of fused-ring (bicyclic) bond motifs is 4. The quantitative estimate of drug-likeness (QED) is 0.649. The molecule has 0 amide bonds. The lowest BCUT2D eigenvalue weighted by Gasteiger charge is -2.09. The van der Waals surface area contributed by atoms with E-state index in [0.717, 1.165) is 44.7 Å². The summed E-state index contributed by atoms with van der Waals surface area (Å²) in [7, 11) is 0. The Balaban J connectivity index is 1.73. The minimum Gasteiger partial charge on any atom is -0.494 e. The number of nitrogens with one attached hydrogen (secondary N) is 2. The van der Waals surface area contributed by atoms with Crippen LogP contribution in [0.25, 0.3) is 16.8 Å². The molecular weight excluding hydrogens is 333 g/mol. The van der Waals surface area contributed by atoms with E-state index in [9.17, 15) is 4.39 Å². The summed E-state index contributed by atoms with van der Waals surface area (Å²) in [5.41, 5.74) is 1.72. The fraction of sp³-hybridized carbons (Fsp3) is 0.368. The fourth-order valence-electron chi connectivity index (χ4n) is 3.08. The summed E-state index contributed by atoms with van der Waals surface area (Å²) in [6.45, 7) is 3.26. The zero-order valence-corrected chi connectivity index (χ0v) is 14.5. The second kappa shape index (κ2) is 7.70. The number of benzene rings is 1. The largest absolute Gasteiger partial charge is 0.494 e.